The lowest BCUT2D eigenvalue weighted by Crippen LogP contribution is -2.27. The number of nitrogens with zero attached hydrogens (tertiary/aromatic N) is 1. The minimum absolute atomic E-state index is 0.134. The fourth-order valence-corrected chi connectivity index (χ4v) is 4.52. The van der Waals surface area contributed by atoms with Gasteiger partial charge in [0.2, 0.25) is 0 Å². The van der Waals surface area contributed by atoms with Gasteiger partial charge in [-0.3, -0.25) is 4.79 Å². The van der Waals surface area contributed by atoms with Crippen LogP contribution < -0.4 is 5.32 Å². The van der Waals surface area contributed by atoms with E-state index < -0.39 is 9.84 Å². The monoisotopic (exact) mass is 416 g/mol. The number of hydrogen-bond donors (Lipinski definition) is 1. The van der Waals surface area contributed by atoms with Crippen LogP contribution in [0.1, 0.15) is 45.2 Å². The van der Waals surface area contributed by atoms with E-state index in [1.54, 1.807) is 35.6 Å². The summed E-state index contributed by atoms with van der Waals surface area (Å²) in [5.74, 6) is -0.134. The van der Waals surface area contributed by atoms with E-state index in [4.69, 9.17) is 0 Å². The Kier molecular flexibility index (Phi) is 5.76. The van der Waals surface area contributed by atoms with Crippen molar-refractivity contribution in [3.63, 3.8) is 0 Å². The Bertz CT molecular complexity index is 1080. The summed E-state index contributed by atoms with van der Waals surface area (Å²) in [6.07, 6.45) is 1.18. The van der Waals surface area contributed by atoms with Crippen LogP contribution in [0.5, 0.6) is 0 Å². The normalized spacial score (nSPS) is 12.7. The molecule has 1 unspecified atom stereocenters. The molecule has 28 heavy (non-hydrogen) atoms. The summed E-state index contributed by atoms with van der Waals surface area (Å²) < 4.78 is 25.3. The maximum atomic E-state index is 12.8. The van der Waals surface area contributed by atoms with Crippen LogP contribution in [0.15, 0.2) is 52.7 Å². The fourth-order valence-electron chi connectivity index (χ4n) is 3.19. The number of sulfone groups is 1. The summed E-state index contributed by atoms with van der Waals surface area (Å²) in [6.45, 7) is 6.61. The van der Waals surface area contributed by atoms with Gasteiger partial charge < -0.3 is 9.88 Å². The lowest BCUT2D eigenvalue weighted by molar-refractivity contribution is 0.0939. The molecule has 0 radical (unpaired) electrons. The van der Waals surface area contributed by atoms with Gasteiger partial charge in [-0.15, -0.1) is 11.3 Å². The molecule has 0 saturated heterocycles. The lowest BCUT2D eigenvalue weighted by atomic mass is 10.1. The first-order chi connectivity index (χ1) is 13.2. The minimum atomic E-state index is -3.23. The first-order valence-electron chi connectivity index (χ1n) is 8.97. The molecular formula is C21H24N2O3S2. The third kappa shape index (κ3) is 4.36. The summed E-state index contributed by atoms with van der Waals surface area (Å²) in [5, 5.41) is 5.06. The Morgan fingerprint density at radius 2 is 1.86 bits per heavy atom. The van der Waals surface area contributed by atoms with Crippen LogP contribution >= 0.6 is 11.3 Å². The smallest absolute Gasteiger partial charge is 0.253 e. The van der Waals surface area contributed by atoms with Crippen LogP contribution in [0.25, 0.3) is 0 Å². The summed E-state index contributed by atoms with van der Waals surface area (Å²) in [5.41, 5.74) is 3.49. The SMILES string of the molecule is Cc1cc(C(=O)NC(C)c2ccc(S(C)(=O)=O)cc2)c(C)n1Cc1cccs1. The van der Waals surface area contributed by atoms with Crippen molar-refractivity contribution >= 4 is 27.1 Å². The number of aromatic nitrogens is 1. The molecule has 1 aromatic carbocycles. The average molecular weight is 417 g/mol. The largest absolute Gasteiger partial charge is 0.345 e. The Morgan fingerprint density at radius 3 is 2.43 bits per heavy atom. The molecule has 2 aromatic heterocycles. The molecule has 0 aliphatic carbocycles. The van der Waals surface area contributed by atoms with E-state index in [0.717, 1.165) is 23.5 Å². The van der Waals surface area contributed by atoms with Crippen LogP contribution in [0.2, 0.25) is 0 Å². The molecule has 1 N–H and O–H groups in total. The van der Waals surface area contributed by atoms with Crippen molar-refractivity contribution in [2.45, 2.75) is 38.3 Å². The van der Waals surface area contributed by atoms with Gasteiger partial charge in [0.25, 0.3) is 5.91 Å². The molecule has 5 nitrogen and oxygen atoms in total. The highest BCUT2D eigenvalue weighted by molar-refractivity contribution is 7.90. The third-order valence-electron chi connectivity index (χ3n) is 4.87. The molecule has 1 amide bonds. The first kappa shape index (κ1) is 20.4. The van der Waals surface area contributed by atoms with Crippen LogP contribution in [0.4, 0.5) is 0 Å². The second-order valence-corrected chi connectivity index (χ2v) is 10.0. The summed E-state index contributed by atoms with van der Waals surface area (Å²) >= 11 is 1.70. The fraction of sp³-hybridized carbons (Fsp3) is 0.286. The van der Waals surface area contributed by atoms with E-state index in [0.29, 0.717) is 5.56 Å². The number of carbonyl (C=O) groups is 1. The van der Waals surface area contributed by atoms with E-state index in [9.17, 15) is 13.2 Å². The number of hydrogen-bond acceptors (Lipinski definition) is 4. The molecule has 0 spiro atoms. The number of amides is 1. The van der Waals surface area contributed by atoms with Gasteiger partial charge >= 0.3 is 0 Å². The molecule has 3 rings (SSSR count). The van der Waals surface area contributed by atoms with Gasteiger partial charge in [-0.25, -0.2) is 8.42 Å². The van der Waals surface area contributed by atoms with Crippen molar-refractivity contribution in [2.75, 3.05) is 6.26 Å². The number of rotatable bonds is 6. The van der Waals surface area contributed by atoms with Crippen LogP contribution in [0, 0.1) is 13.8 Å². The molecular weight excluding hydrogens is 392 g/mol. The summed E-state index contributed by atoms with van der Waals surface area (Å²) in [7, 11) is -3.23. The maximum absolute atomic E-state index is 12.8. The zero-order chi connectivity index (χ0) is 20.5. The minimum Gasteiger partial charge on any atom is -0.345 e. The van der Waals surface area contributed by atoms with Crippen molar-refractivity contribution in [3.05, 3.63) is 75.2 Å². The molecule has 0 aliphatic heterocycles. The predicted octanol–water partition coefficient (Wildman–Crippen LogP) is 4.11. The van der Waals surface area contributed by atoms with Gasteiger partial charge in [0, 0.05) is 22.5 Å². The zero-order valence-electron chi connectivity index (χ0n) is 16.4. The second-order valence-electron chi connectivity index (χ2n) is 6.99. The third-order valence-corrected chi connectivity index (χ3v) is 6.86. The van der Waals surface area contributed by atoms with Crippen molar-refractivity contribution in [1.29, 1.82) is 0 Å². The Morgan fingerprint density at radius 1 is 1.18 bits per heavy atom. The van der Waals surface area contributed by atoms with Crippen molar-refractivity contribution < 1.29 is 13.2 Å². The Balaban J connectivity index is 1.75. The standard InChI is InChI=1S/C21H24N2O3S2/c1-14-12-20(16(3)23(14)13-18-6-5-11-27-18)21(24)22-15(2)17-7-9-19(10-8-17)28(4,25)26/h5-12,15H,13H2,1-4H3,(H,22,24). The predicted molar refractivity (Wildman–Crippen MR) is 113 cm³/mol. The number of carbonyl (C=O) groups excluding carboxylic acids is 1. The lowest BCUT2D eigenvalue weighted by Gasteiger charge is -2.15. The highest BCUT2D eigenvalue weighted by atomic mass is 32.2. The molecule has 0 fully saturated rings. The number of thiophene rings is 1. The molecule has 3 aromatic rings. The van der Waals surface area contributed by atoms with Crippen molar-refractivity contribution in [3.8, 4) is 0 Å². The average Bonchev–Trinajstić information content (AvgIpc) is 3.25. The van der Waals surface area contributed by atoms with E-state index in [1.807, 2.05) is 38.3 Å². The van der Waals surface area contributed by atoms with Crippen LogP contribution in [-0.4, -0.2) is 25.1 Å². The summed E-state index contributed by atoms with van der Waals surface area (Å²) in [6, 6.07) is 12.4. The summed E-state index contributed by atoms with van der Waals surface area (Å²) in [4.78, 5) is 14.3. The zero-order valence-corrected chi connectivity index (χ0v) is 18.0. The van der Waals surface area contributed by atoms with Crippen molar-refractivity contribution in [2.24, 2.45) is 0 Å². The molecule has 0 bridgehead atoms. The van der Waals surface area contributed by atoms with Gasteiger partial charge in [0.15, 0.2) is 9.84 Å². The van der Waals surface area contributed by atoms with Crippen LogP contribution in [0.3, 0.4) is 0 Å². The molecule has 1 atom stereocenters. The van der Waals surface area contributed by atoms with E-state index in [2.05, 4.69) is 16.0 Å². The molecule has 0 saturated carbocycles. The van der Waals surface area contributed by atoms with E-state index in [-0.39, 0.29) is 16.8 Å². The highest BCUT2D eigenvalue weighted by Crippen LogP contribution is 2.21. The van der Waals surface area contributed by atoms with Gasteiger partial charge in [0.1, 0.15) is 0 Å². The van der Waals surface area contributed by atoms with E-state index in [1.165, 1.54) is 11.1 Å². The Hall–Kier alpha value is -2.38. The first-order valence-corrected chi connectivity index (χ1v) is 11.7. The number of nitrogens with one attached hydrogen (secondary N) is 1. The van der Waals surface area contributed by atoms with Gasteiger partial charge in [-0.2, -0.15) is 0 Å². The van der Waals surface area contributed by atoms with E-state index >= 15 is 0 Å². The quantitative estimate of drug-likeness (QED) is 0.657. The van der Waals surface area contributed by atoms with Gasteiger partial charge in [-0.05, 0) is 56.0 Å². The maximum Gasteiger partial charge on any atom is 0.253 e. The molecule has 7 heteroatoms. The Labute approximate surface area is 169 Å². The highest BCUT2D eigenvalue weighted by Gasteiger charge is 2.18. The molecule has 2 heterocycles. The topological polar surface area (TPSA) is 68.2 Å². The number of benzene rings is 1. The second kappa shape index (κ2) is 7.93. The molecule has 148 valence electrons. The van der Waals surface area contributed by atoms with Gasteiger partial charge in [0.05, 0.1) is 23.0 Å². The van der Waals surface area contributed by atoms with Gasteiger partial charge in [-0.1, -0.05) is 18.2 Å². The molecule has 0 aliphatic rings. The van der Waals surface area contributed by atoms with Crippen LogP contribution in [-0.2, 0) is 16.4 Å². The number of aryl methyl sites for hydroxylation is 1. The van der Waals surface area contributed by atoms with Crippen molar-refractivity contribution in [1.82, 2.24) is 9.88 Å².